The van der Waals surface area contributed by atoms with Crippen molar-refractivity contribution in [2.45, 2.75) is 6.54 Å². The van der Waals surface area contributed by atoms with Crippen LogP contribution in [0.3, 0.4) is 0 Å². The third-order valence-corrected chi connectivity index (χ3v) is 2.33. The number of rotatable bonds is 3. The van der Waals surface area contributed by atoms with Crippen molar-refractivity contribution in [2.24, 2.45) is 5.84 Å². The van der Waals surface area contributed by atoms with Gasteiger partial charge in [0.05, 0.1) is 29.1 Å². The molecule has 0 spiro atoms. The minimum Gasteiger partial charge on any atom is -0.324 e. The van der Waals surface area contributed by atoms with Crippen molar-refractivity contribution in [3.05, 3.63) is 51.9 Å². The number of nitrogens with two attached hydrogens (primary N) is 1. The fourth-order valence-electron chi connectivity index (χ4n) is 1.37. The molecule has 17 heavy (non-hydrogen) atoms. The monoisotopic (exact) mass is 251 g/mol. The molecule has 88 valence electrons. The summed E-state index contributed by atoms with van der Waals surface area (Å²) in [7, 11) is 0. The molecule has 0 bridgehead atoms. The van der Waals surface area contributed by atoms with Gasteiger partial charge in [0, 0.05) is 12.4 Å². The summed E-state index contributed by atoms with van der Waals surface area (Å²) in [4.78, 5) is 19.2. The smallest absolute Gasteiger partial charge is 0.324 e. The number of nitrogens with one attached hydrogen (secondary N) is 1. The van der Waals surface area contributed by atoms with Crippen molar-refractivity contribution in [3.8, 4) is 0 Å². The van der Waals surface area contributed by atoms with Gasteiger partial charge in [0.2, 0.25) is 0 Å². The van der Waals surface area contributed by atoms with Gasteiger partial charge in [-0.2, -0.15) is 0 Å². The van der Waals surface area contributed by atoms with Crippen molar-refractivity contribution >= 4 is 17.3 Å². The molecule has 0 atom stereocenters. The zero-order valence-corrected chi connectivity index (χ0v) is 9.55. The number of hydrazine groups is 1. The zero-order chi connectivity index (χ0) is 12.3. The van der Waals surface area contributed by atoms with Crippen LogP contribution in [0, 0.1) is 0 Å². The summed E-state index contributed by atoms with van der Waals surface area (Å²) in [6.07, 6.45) is 4.43. The maximum Gasteiger partial charge on any atom is 0.347 e. The molecule has 2 aromatic rings. The van der Waals surface area contributed by atoms with E-state index >= 15 is 0 Å². The first-order valence-corrected chi connectivity index (χ1v) is 5.20. The molecule has 0 unspecified atom stereocenters. The Kier molecular flexibility index (Phi) is 3.36. The molecule has 0 saturated carbocycles. The van der Waals surface area contributed by atoms with Gasteiger partial charge in [-0.25, -0.2) is 9.78 Å². The Morgan fingerprint density at radius 2 is 2.29 bits per heavy atom. The Balaban J connectivity index is 2.31. The van der Waals surface area contributed by atoms with E-state index in [-0.39, 0.29) is 5.69 Å². The maximum atomic E-state index is 11.5. The molecule has 0 aliphatic rings. The van der Waals surface area contributed by atoms with E-state index in [0.717, 1.165) is 5.69 Å². The van der Waals surface area contributed by atoms with E-state index < -0.39 is 0 Å². The topological polar surface area (TPSA) is 85.8 Å². The van der Waals surface area contributed by atoms with E-state index in [1.54, 1.807) is 18.3 Å². The van der Waals surface area contributed by atoms with Crippen molar-refractivity contribution < 1.29 is 0 Å². The first kappa shape index (κ1) is 11.6. The Labute approximate surface area is 102 Å². The summed E-state index contributed by atoms with van der Waals surface area (Å²) in [6, 6.07) is 3.47. The predicted molar refractivity (Wildman–Crippen MR) is 64.7 cm³/mol. The first-order chi connectivity index (χ1) is 8.19. The lowest BCUT2D eigenvalue weighted by atomic mass is 10.3. The summed E-state index contributed by atoms with van der Waals surface area (Å²) >= 11 is 5.77. The van der Waals surface area contributed by atoms with E-state index in [0.29, 0.717) is 17.3 Å². The molecule has 2 aromatic heterocycles. The third-order valence-electron chi connectivity index (χ3n) is 2.14. The molecular weight excluding hydrogens is 242 g/mol. The molecule has 0 aliphatic carbocycles. The average Bonchev–Trinajstić information content (AvgIpc) is 2.34. The molecule has 0 aliphatic heterocycles. The predicted octanol–water partition coefficient (Wildman–Crippen LogP) is 0.626. The molecule has 0 radical (unpaired) electrons. The number of hydrogen-bond acceptors (Lipinski definition) is 5. The maximum absolute atomic E-state index is 11.5. The molecule has 7 heteroatoms. The van der Waals surface area contributed by atoms with Crippen LogP contribution in [0.5, 0.6) is 0 Å². The molecule has 3 N–H and O–H groups in total. The van der Waals surface area contributed by atoms with E-state index in [9.17, 15) is 4.79 Å². The van der Waals surface area contributed by atoms with E-state index in [2.05, 4.69) is 15.4 Å². The van der Waals surface area contributed by atoms with Gasteiger partial charge in [0.15, 0.2) is 0 Å². The Morgan fingerprint density at radius 3 is 3.06 bits per heavy atom. The van der Waals surface area contributed by atoms with Crippen LogP contribution in [-0.4, -0.2) is 14.5 Å². The molecule has 0 fully saturated rings. The van der Waals surface area contributed by atoms with Gasteiger partial charge < -0.3 is 5.43 Å². The van der Waals surface area contributed by atoms with Gasteiger partial charge in [-0.3, -0.25) is 15.4 Å². The highest BCUT2D eigenvalue weighted by atomic mass is 35.5. The van der Waals surface area contributed by atoms with Crippen LogP contribution in [0.4, 0.5) is 5.69 Å². The minimum atomic E-state index is -0.373. The normalized spacial score (nSPS) is 10.2. The summed E-state index contributed by atoms with van der Waals surface area (Å²) in [6.45, 7) is 0.294. The second-order valence-electron chi connectivity index (χ2n) is 3.36. The number of halogens is 1. The van der Waals surface area contributed by atoms with E-state index in [1.807, 2.05) is 0 Å². The SMILES string of the molecule is NNc1ccnc(Cn2cc(Cl)cnc2=O)c1. The Morgan fingerprint density at radius 1 is 1.47 bits per heavy atom. The van der Waals surface area contributed by atoms with Crippen LogP contribution < -0.4 is 17.0 Å². The highest BCUT2D eigenvalue weighted by Gasteiger charge is 2.02. The number of anilines is 1. The van der Waals surface area contributed by atoms with E-state index in [1.165, 1.54) is 17.0 Å². The molecule has 0 aromatic carbocycles. The fourth-order valence-corrected chi connectivity index (χ4v) is 1.54. The average molecular weight is 252 g/mol. The van der Waals surface area contributed by atoms with Crippen LogP contribution in [-0.2, 0) is 6.54 Å². The van der Waals surface area contributed by atoms with Crippen LogP contribution in [0.2, 0.25) is 5.02 Å². The van der Waals surface area contributed by atoms with Crippen molar-refractivity contribution in [3.63, 3.8) is 0 Å². The van der Waals surface area contributed by atoms with Gasteiger partial charge in [-0.05, 0) is 12.1 Å². The van der Waals surface area contributed by atoms with Crippen molar-refractivity contribution in [2.75, 3.05) is 5.43 Å². The van der Waals surface area contributed by atoms with Gasteiger partial charge in [0.25, 0.3) is 0 Å². The largest absolute Gasteiger partial charge is 0.347 e. The number of pyridine rings is 1. The number of nitrogens with zero attached hydrogens (tertiary/aromatic N) is 3. The number of aromatic nitrogens is 3. The molecule has 2 heterocycles. The Hall–Kier alpha value is -1.92. The highest BCUT2D eigenvalue weighted by Crippen LogP contribution is 2.08. The molecule has 2 rings (SSSR count). The molecule has 0 saturated heterocycles. The van der Waals surface area contributed by atoms with Crippen molar-refractivity contribution in [1.82, 2.24) is 14.5 Å². The standard InChI is InChI=1S/C10H10ClN5O/c11-7-4-14-10(17)16(5-7)6-9-3-8(15-12)1-2-13-9/h1-5H,6,12H2,(H,13,15). The number of hydrogen-bond donors (Lipinski definition) is 2. The van der Waals surface area contributed by atoms with Gasteiger partial charge >= 0.3 is 5.69 Å². The lowest BCUT2D eigenvalue weighted by Crippen LogP contribution is -2.22. The van der Waals surface area contributed by atoms with Gasteiger partial charge in [-0.15, -0.1) is 0 Å². The second-order valence-corrected chi connectivity index (χ2v) is 3.80. The van der Waals surface area contributed by atoms with Gasteiger partial charge in [0.1, 0.15) is 0 Å². The lowest BCUT2D eigenvalue weighted by Gasteiger charge is -2.06. The molecule has 6 nitrogen and oxygen atoms in total. The van der Waals surface area contributed by atoms with E-state index in [4.69, 9.17) is 17.4 Å². The first-order valence-electron chi connectivity index (χ1n) is 4.82. The Bertz CT molecular complexity index is 583. The third kappa shape index (κ3) is 2.80. The second kappa shape index (κ2) is 4.94. The summed E-state index contributed by atoms with van der Waals surface area (Å²) in [5.41, 5.74) is 3.54. The minimum absolute atomic E-state index is 0.294. The summed E-state index contributed by atoms with van der Waals surface area (Å²) in [5.74, 6) is 5.29. The zero-order valence-electron chi connectivity index (χ0n) is 8.80. The van der Waals surface area contributed by atoms with Crippen LogP contribution in [0.25, 0.3) is 0 Å². The van der Waals surface area contributed by atoms with Gasteiger partial charge in [-0.1, -0.05) is 11.6 Å². The molecule has 0 amide bonds. The summed E-state index contributed by atoms with van der Waals surface area (Å²) < 4.78 is 1.38. The quantitative estimate of drug-likeness (QED) is 0.617. The highest BCUT2D eigenvalue weighted by molar-refractivity contribution is 6.30. The summed E-state index contributed by atoms with van der Waals surface area (Å²) in [5, 5.41) is 0.401. The number of nitrogen functional groups attached to an aromatic ring is 1. The fraction of sp³-hybridized carbons (Fsp3) is 0.100. The van der Waals surface area contributed by atoms with Crippen LogP contribution in [0.15, 0.2) is 35.5 Å². The van der Waals surface area contributed by atoms with Crippen molar-refractivity contribution in [1.29, 1.82) is 0 Å². The van der Waals surface area contributed by atoms with Crippen LogP contribution >= 0.6 is 11.6 Å². The lowest BCUT2D eigenvalue weighted by molar-refractivity contribution is 0.711. The van der Waals surface area contributed by atoms with Crippen LogP contribution in [0.1, 0.15) is 5.69 Å². The molecular formula is C10H10ClN5O.